The highest BCUT2D eigenvalue weighted by atomic mass is 32.2. The summed E-state index contributed by atoms with van der Waals surface area (Å²) >= 11 is 3.84. The first-order valence-corrected chi connectivity index (χ1v) is 24.8. The van der Waals surface area contributed by atoms with E-state index in [1.165, 1.54) is 84.5 Å². The third-order valence-corrected chi connectivity index (χ3v) is 20.1. The van der Waals surface area contributed by atoms with E-state index in [0.29, 0.717) is 0 Å². The summed E-state index contributed by atoms with van der Waals surface area (Å²) in [4.78, 5) is 7.79. The van der Waals surface area contributed by atoms with Gasteiger partial charge in [-0.2, -0.15) is 0 Å². The molecule has 10 aromatic carbocycles. The molecule has 0 N–H and O–H groups in total. The van der Waals surface area contributed by atoms with E-state index in [1.807, 2.05) is 23.5 Å². The quantitative estimate of drug-likeness (QED) is 0.147. The summed E-state index contributed by atoms with van der Waals surface area (Å²) in [6.07, 6.45) is 0. The van der Waals surface area contributed by atoms with Crippen LogP contribution in [0.3, 0.4) is 0 Å². The number of nitrogens with zero attached hydrogens (tertiary/aromatic N) is 1. The van der Waals surface area contributed by atoms with E-state index in [1.54, 1.807) is 0 Å². The van der Waals surface area contributed by atoms with Gasteiger partial charge in [-0.05, 0) is 119 Å². The first kappa shape index (κ1) is 37.0. The van der Waals surface area contributed by atoms with Crippen molar-refractivity contribution in [1.29, 1.82) is 0 Å². The molecule has 0 radical (unpaired) electrons. The highest BCUT2D eigenvalue weighted by Crippen LogP contribution is 2.52. The normalized spacial score (nSPS) is 14.7. The van der Waals surface area contributed by atoms with Crippen molar-refractivity contribution in [3.63, 3.8) is 0 Å². The summed E-state index contributed by atoms with van der Waals surface area (Å²) in [6, 6.07) is 87.8. The summed E-state index contributed by atoms with van der Waals surface area (Å²) < 4.78 is 0. The average molecular weight is 842 g/mol. The summed E-state index contributed by atoms with van der Waals surface area (Å²) in [5.74, 6) is 0. The SMILES string of the molecule is c1ccc(-c2cccc3c(-c4ccc(N(c5ccccc5)c5ccc([Si]6(c7ccccc7)c7ccccc7-c7c6ccc6c7Sc7ccccc7S6)cc5)cc4)cccc23)cc1. The van der Waals surface area contributed by atoms with Gasteiger partial charge in [0, 0.05) is 36.6 Å². The van der Waals surface area contributed by atoms with E-state index in [9.17, 15) is 0 Å². The summed E-state index contributed by atoms with van der Waals surface area (Å²) in [5, 5.41) is 8.26. The van der Waals surface area contributed by atoms with E-state index in [0.717, 1.165) is 17.1 Å². The fourth-order valence-electron chi connectivity index (χ4n) is 9.93. The standard InChI is InChI=1S/C58H39NS2Si/c1-4-16-40(17-5-1)47-23-14-26-50-48(24-15-25-49(47)50)41-30-32-43(33-31-41)59(42-18-6-2-7-19-42)44-34-36-46(37-35-44)62(45-20-8-3-9-21-45)55-29-13-10-22-51(55)57-56(62)39-38-54-58(57)61-53-28-12-11-27-52(53)60-54/h1-39H. The lowest BCUT2D eigenvalue weighted by Gasteiger charge is -2.32. The molecule has 1 nitrogen and oxygen atoms in total. The minimum Gasteiger partial charge on any atom is -0.311 e. The Bertz CT molecular complexity index is 3280. The van der Waals surface area contributed by atoms with Crippen molar-refractivity contribution in [3.8, 4) is 33.4 Å². The molecule has 0 bridgehead atoms. The molecule has 1 unspecified atom stereocenters. The number of anilines is 3. The van der Waals surface area contributed by atoms with E-state index >= 15 is 0 Å². The Balaban J connectivity index is 0.972. The van der Waals surface area contributed by atoms with Gasteiger partial charge in [-0.25, -0.2) is 0 Å². The van der Waals surface area contributed by atoms with Crippen molar-refractivity contribution >= 4 is 80.2 Å². The van der Waals surface area contributed by atoms with Crippen molar-refractivity contribution in [2.24, 2.45) is 0 Å². The monoisotopic (exact) mass is 841 g/mol. The van der Waals surface area contributed by atoms with Crippen LogP contribution in [-0.2, 0) is 0 Å². The zero-order chi connectivity index (χ0) is 41.0. The maximum absolute atomic E-state index is 2.73. The van der Waals surface area contributed by atoms with Crippen LogP contribution in [0.1, 0.15) is 0 Å². The van der Waals surface area contributed by atoms with Crippen molar-refractivity contribution < 1.29 is 0 Å². The van der Waals surface area contributed by atoms with Crippen LogP contribution >= 0.6 is 23.5 Å². The van der Waals surface area contributed by atoms with Crippen LogP contribution in [0.2, 0.25) is 0 Å². The minimum atomic E-state index is -2.73. The second-order valence-electron chi connectivity index (χ2n) is 16.0. The van der Waals surface area contributed by atoms with Crippen LogP contribution in [0.25, 0.3) is 44.2 Å². The van der Waals surface area contributed by atoms with Crippen LogP contribution in [0, 0.1) is 0 Å². The Morgan fingerprint density at radius 3 is 1.48 bits per heavy atom. The van der Waals surface area contributed by atoms with E-state index in [-0.39, 0.29) is 0 Å². The van der Waals surface area contributed by atoms with Crippen LogP contribution in [0.5, 0.6) is 0 Å². The lowest BCUT2D eigenvalue weighted by molar-refractivity contribution is 1.17. The van der Waals surface area contributed by atoms with Crippen molar-refractivity contribution in [2.75, 3.05) is 4.90 Å². The van der Waals surface area contributed by atoms with Gasteiger partial charge in [0.05, 0.1) is 0 Å². The Morgan fingerprint density at radius 2 is 0.806 bits per heavy atom. The van der Waals surface area contributed by atoms with Gasteiger partial charge in [0.2, 0.25) is 0 Å². The minimum absolute atomic E-state index is 1.12. The second kappa shape index (κ2) is 15.3. The Kier molecular flexibility index (Phi) is 9.11. The van der Waals surface area contributed by atoms with Gasteiger partial charge < -0.3 is 4.90 Å². The lowest BCUT2D eigenvalue weighted by Crippen LogP contribution is -2.72. The zero-order valence-electron chi connectivity index (χ0n) is 33.8. The fraction of sp³-hybridized carbons (Fsp3) is 0. The molecule has 4 heteroatoms. The molecule has 12 rings (SSSR count). The first-order valence-electron chi connectivity index (χ1n) is 21.2. The van der Waals surface area contributed by atoms with Gasteiger partial charge in [0.25, 0.3) is 0 Å². The molecular formula is C58H39NS2Si. The van der Waals surface area contributed by atoms with Crippen molar-refractivity contribution in [3.05, 3.63) is 237 Å². The molecule has 0 aromatic heterocycles. The second-order valence-corrected chi connectivity index (χ2v) is 21.8. The smallest absolute Gasteiger partial charge is 0.180 e. The molecule has 0 saturated heterocycles. The van der Waals surface area contributed by atoms with Gasteiger partial charge in [-0.15, -0.1) is 0 Å². The average Bonchev–Trinajstić information content (AvgIpc) is 3.66. The molecule has 10 aromatic rings. The number of hydrogen-bond donors (Lipinski definition) is 0. The van der Waals surface area contributed by atoms with Crippen LogP contribution in [-0.4, -0.2) is 8.07 Å². The van der Waals surface area contributed by atoms with E-state index in [2.05, 4.69) is 241 Å². The molecule has 2 aliphatic rings. The predicted octanol–water partition coefficient (Wildman–Crippen LogP) is 13.6. The number of para-hydroxylation sites is 1. The number of fused-ring (bicyclic) bond motifs is 7. The van der Waals surface area contributed by atoms with Gasteiger partial charge in [0.1, 0.15) is 0 Å². The summed E-state index contributed by atoms with van der Waals surface area (Å²) in [6.45, 7) is 0. The topological polar surface area (TPSA) is 3.24 Å². The Hall–Kier alpha value is -6.82. The third-order valence-electron chi connectivity index (χ3n) is 12.6. The Labute approximate surface area is 372 Å². The van der Waals surface area contributed by atoms with Gasteiger partial charge in [-0.1, -0.05) is 206 Å². The van der Waals surface area contributed by atoms with Gasteiger partial charge >= 0.3 is 0 Å². The highest BCUT2D eigenvalue weighted by molar-refractivity contribution is 8.05. The summed E-state index contributed by atoms with van der Waals surface area (Å²) in [7, 11) is -2.73. The molecule has 292 valence electrons. The highest BCUT2D eigenvalue weighted by Gasteiger charge is 2.50. The summed E-state index contributed by atoms with van der Waals surface area (Å²) in [5.41, 5.74) is 11.1. The zero-order valence-corrected chi connectivity index (χ0v) is 36.4. The number of hydrogen-bond acceptors (Lipinski definition) is 3. The fourth-order valence-corrected chi connectivity index (χ4v) is 17.6. The number of benzene rings is 10. The Morgan fingerprint density at radius 1 is 0.306 bits per heavy atom. The lowest BCUT2D eigenvalue weighted by atomic mass is 9.93. The molecule has 0 saturated carbocycles. The van der Waals surface area contributed by atoms with E-state index in [4.69, 9.17) is 0 Å². The molecule has 0 spiro atoms. The van der Waals surface area contributed by atoms with Crippen LogP contribution in [0.4, 0.5) is 17.1 Å². The van der Waals surface area contributed by atoms with Crippen molar-refractivity contribution in [1.82, 2.24) is 0 Å². The first-order chi connectivity index (χ1) is 30.8. The van der Waals surface area contributed by atoms with Crippen molar-refractivity contribution in [2.45, 2.75) is 19.6 Å². The molecule has 0 fully saturated rings. The van der Waals surface area contributed by atoms with Gasteiger partial charge in [0.15, 0.2) is 8.07 Å². The molecule has 1 atom stereocenters. The van der Waals surface area contributed by atoms with Crippen LogP contribution in [0.15, 0.2) is 256 Å². The molecule has 62 heavy (non-hydrogen) atoms. The molecule has 2 heterocycles. The predicted molar refractivity (Wildman–Crippen MR) is 267 cm³/mol. The number of rotatable bonds is 7. The molecule has 2 aliphatic heterocycles. The largest absolute Gasteiger partial charge is 0.311 e. The molecular weight excluding hydrogens is 803 g/mol. The molecule has 0 aliphatic carbocycles. The maximum Gasteiger partial charge on any atom is 0.180 e. The maximum atomic E-state index is 2.47. The van der Waals surface area contributed by atoms with Crippen LogP contribution < -0.4 is 25.6 Å². The molecule has 0 amide bonds. The van der Waals surface area contributed by atoms with Gasteiger partial charge in [-0.3, -0.25) is 0 Å². The van der Waals surface area contributed by atoms with E-state index < -0.39 is 8.07 Å². The third kappa shape index (κ3) is 5.94.